The second kappa shape index (κ2) is 6.88. The van der Waals surface area contributed by atoms with E-state index in [1.54, 1.807) is 50.6 Å². The molecule has 0 bridgehead atoms. The number of ether oxygens (including phenoxy) is 2. The van der Waals surface area contributed by atoms with Crippen molar-refractivity contribution >= 4 is 38.1 Å². The van der Waals surface area contributed by atoms with E-state index in [2.05, 4.69) is 5.32 Å². The maximum Gasteiger partial charge on any atom is 0.250 e. The maximum absolute atomic E-state index is 13.4. The van der Waals surface area contributed by atoms with Gasteiger partial charge in [0, 0.05) is 28.9 Å². The van der Waals surface area contributed by atoms with E-state index in [0.29, 0.717) is 35.8 Å². The molecule has 2 fully saturated rings. The fourth-order valence-electron chi connectivity index (χ4n) is 4.50. The standard InChI is InChI=1S/C23H22N2O5S/c1-29-17-9-7-16(8-10-17)25-14-15-13-23(15,31(25,27)28)22(26)24-20-11-12-21(30-2)19-6-4-3-5-18(19)20/h3-12,15H,13-14H2,1-2H3,(H,24,26)/t15-,23-/m0/s1. The summed E-state index contributed by atoms with van der Waals surface area (Å²) in [5.74, 6) is 0.618. The molecule has 1 heterocycles. The Labute approximate surface area is 180 Å². The van der Waals surface area contributed by atoms with E-state index in [-0.39, 0.29) is 5.92 Å². The molecule has 3 aromatic carbocycles. The number of anilines is 2. The monoisotopic (exact) mass is 438 g/mol. The lowest BCUT2D eigenvalue weighted by Crippen LogP contribution is -2.42. The van der Waals surface area contributed by atoms with Crippen molar-refractivity contribution in [3.63, 3.8) is 0 Å². The molecule has 0 radical (unpaired) electrons. The van der Waals surface area contributed by atoms with Crippen LogP contribution in [-0.4, -0.2) is 39.8 Å². The van der Waals surface area contributed by atoms with Crippen molar-refractivity contribution in [1.82, 2.24) is 0 Å². The zero-order valence-corrected chi connectivity index (χ0v) is 18.0. The molecule has 1 saturated carbocycles. The minimum absolute atomic E-state index is 0.232. The molecule has 1 amide bonds. The number of carbonyl (C=O) groups excluding carboxylic acids is 1. The van der Waals surface area contributed by atoms with Gasteiger partial charge in [-0.3, -0.25) is 9.10 Å². The van der Waals surface area contributed by atoms with E-state index in [9.17, 15) is 13.2 Å². The molecule has 1 aliphatic heterocycles. The number of hydrogen-bond donors (Lipinski definition) is 1. The van der Waals surface area contributed by atoms with Gasteiger partial charge >= 0.3 is 0 Å². The van der Waals surface area contributed by atoms with Gasteiger partial charge in [0.15, 0.2) is 4.75 Å². The third-order valence-corrected chi connectivity index (χ3v) is 8.83. The highest BCUT2D eigenvalue weighted by Crippen LogP contribution is 2.58. The van der Waals surface area contributed by atoms with E-state index in [4.69, 9.17) is 9.47 Å². The van der Waals surface area contributed by atoms with Crippen molar-refractivity contribution in [1.29, 1.82) is 0 Å². The summed E-state index contributed by atoms with van der Waals surface area (Å²) >= 11 is 0. The summed E-state index contributed by atoms with van der Waals surface area (Å²) in [4.78, 5) is 13.3. The molecule has 5 rings (SSSR count). The van der Waals surface area contributed by atoms with E-state index < -0.39 is 20.7 Å². The van der Waals surface area contributed by atoms with Crippen LogP contribution in [0.2, 0.25) is 0 Å². The Morgan fingerprint density at radius 2 is 1.71 bits per heavy atom. The average molecular weight is 439 g/mol. The summed E-state index contributed by atoms with van der Waals surface area (Å²) in [6.07, 6.45) is 0.335. The van der Waals surface area contributed by atoms with Crippen LogP contribution < -0.4 is 19.1 Å². The van der Waals surface area contributed by atoms with Gasteiger partial charge in [0.2, 0.25) is 15.9 Å². The van der Waals surface area contributed by atoms with Gasteiger partial charge in [-0.05, 0) is 42.8 Å². The fourth-order valence-corrected chi connectivity index (χ4v) is 6.87. The third kappa shape index (κ3) is 2.78. The SMILES string of the molecule is COc1ccc(N2C[C@@H]3C[C@]3(C(=O)Nc3ccc(OC)c4ccccc34)S2(=O)=O)cc1. The van der Waals surface area contributed by atoms with Crippen LogP contribution in [0.15, 0.2) is 60.7 Å². The Balaban J connectivity index is 1.46. The molecule has 2 atom stereocenters. The minimum Gasteiger partial charge on any atom is -0.497 e. The van der Waals surface area contributed by atoms with Crippen LogP contribution in [0.25, 0.3) is 10.8 Å². The summed E-state index contributed by atoms with van der Waals surface area (Å²) in [5, 5.41) is 4.53. The van der Waals surface area contributed by atoms with E-state index >= 15 is 0 Å². The first kappa shape index (κ1) is 19.7. The Bertz CT molecular complexity index is 1290. The topological polar surface area (TPSA) is 84.9 Å². The first-order valence-electron chi connectivity index (χ1n) is 9.96. The van der Waals surface area contributed by atoms with E-state index in [1.807, 2.05) is 24.3 Å². The second-order valence-electron chi connectivity index (χ2n) is 7.84. The van der Waals surface area contributed by atoms with Crippen molar-refractivity contribution < 1.29 is 22.7 Å². The molecule has 3 aromatic rings. The molecule has 1 saturated heterocycles. The van der Waals surface area contributed by atoms with Gasteiger partial charge in [0.1, 0.15) is 11.5 Å². The molecule has 0 aromatic heterocycles. The predicted octanol–water partition coefficient (Wildman–Crippen LogP) is 3.40. The molecule has 7 nitrogen and oxygen atoms in total. The van der Waals surface area contributed by atoms with Crippen LogP contribution in [0.3, 0.4) is 0 Å². The predicted molar refractivity (Wildman–Crippen MR) is 119 cm³/mol. The lowest BCUT2D eigenvalue weighted by atomic mass is 10.1. The zero-order valence-electron chi connectivity index (χ0n) is 17.2. The number of nitrogens with one attached hydrogen (secondary N) is 1. The minimum atomic E-state index is -3.86. The Morgan fingerprint density at radius 3 is 2.39 bits per heavy atom. The van der Waals surface area contributed by atoms with Gasteiger partial charge < -0.3 is 14.8 Å². The number of hydrogen-bond acceptors (Lipinski definition) is 5. The average Bonchev–Trinajstić information content (AvgIpc) is 3.49. The van der Waals surface area contributed by atoms with Gasteiger partial charge in [0.05, 0.1) is 19.9 Å². The number of sulfonamides is 1. The van der Waals surface area contributed by atoms with Crippen LogP contribution in [0.4, 0.5) is 11.4 Å². The quantitative estimate of drug-likeness (QED) is 0.660. The van der Waals surface area contributed by atoms with Crippen LogP contribution >= 0.6 is 0 Å². The van der Waals surface area contributed by atoms with Crippen molar-refractivity contribution in [2.24, 2.45) is 5.92 Å². The van der Waals surface area contributed by atoms with Crippen molar-refractivity contribution in [2.45, 2.75) is 11.2 Å². The normalized spacial score (nSPS) is 23.3. The molecule has 1 aliphatic carbocycles. The molecule has 2 aliphatic rings. The molecule has 160 valence electrons. The lowest BCUT2D eigenvalue weighted by molar-refractivity contribution is -0.116. The van der Waals surface area contributed by atoms with Gasteiger partial charge in [-0.25, -0.2) is 8.42 Å². The fraction of sp³-hybridized carbons (Fsp3) is 0.261. The maximum atomic E-state index is 13.4. The van der Waals surface area contributed by atoms with E-state index in [1.165, 1.54) is 4.31 Å². The number of methoxy groups -OCH3 is 2. The third-order valence-electron chi connectivity index (χ3n) is 6.28. The molecule has 1 N–H and O–H groups in total. The second-order valence-corrected chi connectivity index (χ2v) is 9.96. The van der Waals surface area contributed by atoms with Gasteiger partial charge in [-0.15, -0.1) is 0 Å². The molecule has 8 heteroatoms. The van der Waals surface area contributed by atoms with Crippen molar-refractivity contribution in [3.8, 4) is 11.5 Å². The van der Waals surface area contributed by atoms with Crippen molar-refractivity contribution in [2.75, 3.05) is 30.4 Å². The van der Waals surface area contributed by atoms with Crippen LogP contribution in [-0.2, 0) is 14.8 Å². The van der Waals surface area contributed by atoms with Crippen LogP contribution in [0, 0.1) is 5.92 Å². The van der Waals surface area contributed by atoms with Crippen LogP contribution in [0.1, 0.15) is 6.42 Å². The van der Waals surface area contributed by atoms with Gasteiger partial charge in [-0.1, -0.05) is 24.3 Å². The Kier molecular flexibility index (Phi) is 4.37. The highest BCUT2D eigenvalue weighted by molar-refractivity contribution is 7.95. The Morgan fingerprint density at radius 1 is 1.00 bits per heavy atom. The highest BCUT2D eigenvalue weighted by Gasteiger charge is 2.75. The lowest BCUT2D eigenvalue weighted by Gasteiger charge is -2.23. The number of carbonyl (C=O) groups is 1. The summed E-state index contributed by atoms with van der Waals surface area (Å²) in [6, 6.07) is 17.9. The highest BCUT2D eigenvalue weighted by atomic mass is 32.2. The Hall–Kier alpha value is -3.26. The summed E-state index contributed by atoms with van der Waals surface area (Å²) in [7, 11) is -0.711. The number of amides is 1. The summed E-state index contributed by atoms with van der Waals surface area (Å²) in [5.41, 5.74) is 1.11. The van der Waals surface area contributed by atoms with Gasteiger partial charge in [-0.2, -0.15) is 0 Å². The number of nitrogens with zero attached hydrogens (tertiary/aromatic N) is 1. The molecule has 0 unspecified atom stereocenters. The largest absolute Gasteiger partial charge is 0.497 e. The summed E-state index contributed by atoms with van der Waals surface area (Å²) in [6.45, 7) is 0.297. The summed E-state index contributed by atoms with van der Waals surface area (Å²) < 4.78 is 37.3. The molecular formula is C23H22N2O5S. The van der Waals surface area contributed by atoms with Crippen molar-refractivity contribution in [3.05, 3.63) is 60.7 Å². The van der Waals surface area contributed by atoms with Gasteiger partial charge in [0.25, 0.3) is 0 Å². The number of benzene rings is 3. The molecule has 0 spiro atoms. The number of rotatable bonds is 5. The van der Waals surface area contributed by atoms with Crippen LogP contribution in [0.5, 0.6) is 11.5 Å². The molecular weight excluding hydrogens is 416 g/mol. The first-order chi connectivity index (χ1) is 14.9. The zero-order chi connectivity index (χ0) is 21.8. The molecule has 31 heavy (non-hydrogen) atoms. The smallest absolute Gasteiger partial charge is 0.250 e. The van der Waals surface area contributed by atoms with E-state index in [0.717, 1.165) is 10.8 Å². The first-order valence-corrected chi connectivity index (χ1v) is 11.4. The number of fused-ring (bicyclic) bond motifs is 2.